The monoisotopic (exact) mass is 138 g/mol. The van der Waals surface area contributed by atoms with E-state index in [2.05, 4.69) is 5.92 Å². The molecule has 0 N–H and O–H groups in total. The molecule has 0 aromatic heterocycles. The van der Waals surface area contributed by atoms with Crippen LogP contribution in [-0.2, 0) is 4.79 Å². The first kappa shape index (κ1) is 9.23. The van der Waals surface area contributed by atoms with E-state index in [9.17, 15) is 4.79 Å². The number of hydrogen-bond acceptors (Lipinski definition) is 1. The Hall–Kier alpha value is -0.770. The summed E-state index contributed by atoms with van der Waals surface area (Å²) in [5.74, 6) is 2.99. The Morgan fingerprint density at radius 3 is 2.60 bits per heavy atom. The van der Waals surface area contributed by atoms with Crippen LogP contribution in [0.5, 0.6) is 0 Å². The van der Waals surface area contributed by atoms with E-state index in [1.54, 1.807) is 6.92 Å². The van der Waals surface area contributed by atoms with Gasteiger partial charge in [-0.15, -0.1) is 12.3 Å². The van der Waals surface area contributed by atoms with Gasteiger partial charge >= 0.3 is 0 Å². The molecule has 1 unspecified atom stereocenters. The van der Waals surface area contributed by atoms with Gasteiger partial charge in [0.05, 0.1) is 0 Å². The molecule has 0 bridgehead atoms. The third-order valence-corrected chi connectivity index (χ3v) is 1.70. The number of carbonyl (C=O) groups is 1. The van der Waals surface area contributed by atoms with Crippen LogP contribution in [0.4, 0.5) is 0 Å². The van der Waals surface area contributed by atoms with Gasteiger partial charge in [0.1, 0.15) is 5.78 Å². The molecule has 56 valence electrons. The molecule has 0 rings (SSSR count). The minimum absolute atomic E-state index is 0.191. The van der Waals surface area contributed by atoms with Gasteiger partial charge in [-0.1, -0.05) is 6.92 Å². The van der Waals surface area contributed by atoms with Crippen molar-refractivity contribution in [2.24, 2.45) is 5.92 Å². The Kier molecular flexibility index (Phi) is 4.66. The Labute approximate surface area is 62.8 Å². The molecule has 0 aliphatic carbocycles. The summed E-state index contributed by atoms with van der Waals surface area (Å²) in [5, 5.41) is 0. The molecule has 0 radical (unpaired) electrons. The quantitative estimate of drug-likeness (QED) is 0.543. The van der Waals surface area contributed by atoms with E-state index in [0.717, 1.165) is 19.3 Å². The largest absolute Gasteiger partial charge is 0.300 e. The lowest BCUT2D eigenvalue weighted by molar-refractivity contribution is -0.120. The molecule has 1 nitrogen and oxygen atoms in total. The number of rotatable bonds is 4. The van der Waals surface area contributed by atoms with E-state index >= 15 is 0 Å². The van der Waals surface area contributed by atoms with E-state index in [1.807, 2.05) is 6.92 Å². The minimum Gasteiger partial charge on any atom is -0.300 e. The second kappa shape index (κ2) is 5.05. The van der Waals surface area contributed by atoms with Gasteiger partial charge in [-0.3, -0.25) is 4.79 Å². The summed E-state index contributed by atoms with van der Waals surface area (Å²) in [7, 11) is 0. The first-order chi connectivity index (χ1) is 4.72. The van der Waals surface area contributed by atoms with Gasteiger partial charge in [-0.25, -0.2) is 0 Å². The normalized spacial score (nSPS) is 12.1. The molecule has 0 saturated carbocycles. The van der Waals surface area contributed by atoms with Crippen LogP contribution in [0.25, 0.3) is 0 Å². The Bertz CT molecular complexity index is 141. The van der Waals surface area contributed by atoms with Crippen LogP contribution in [-0.4, -0.2) is 5.78 Å². The van der Waals surface area contributed by atoms with Crippen molar-refractivity contribution in [1.82, 2.24) is 0 Å². The van der Waals surface area contributed by atoms with Gasteiger partial charge in [0.2, 0.25) is 0 Å². The van der Waals surface area contributed by atoms with Crippen molar-refractivity contribution in [3.05, 3.63) is 0 Å². The smallest absolute Gasteiger partial charge is 0.132 e. The first-order valence-electron chi connectivity index (χ1n) is 3.66. The van der Waals surface area contributed by atoms with Crippen molar-refractivity contribution in [3.8, 4) is 12.3 Å². The maximum Gasteiger partial charge on any atom is 0.132 e. The lowest BCUT2D eigenvalue weighted by Crippen LogP contribution is -2.08. The van der Waals surface area contributed by atoms with Crippen LogP contribution in [0.15, 0.2) is 0 Å². The van der Waals surface area contributed by atoms with E-state index in [0.29, 0.717) is 0 Å². The lowest BCUT2D eigenvalue weighted by atomic mass is 9.97. The molecule has 0 aromatic rings. The fraction of sp³-hybridized carbons (Fsp3) is 0.667. The van der Waals surface area contributed by atoms with Gasteiger partial charge in [0.15, 0.2) is 0 Å². The summed E-state index contributed by atoms with van der Waals surface area (Å²) >= 11 is 0. The minimum atomic E-state index is 0.191. The van der Waals surface area contributed by atoms with Gasteiger partial charge < -0.3 is 0 Å². The summed E-state index contributed by atoms with van der Waals surface area (Å²) in [5.41, 5.74) is 0. The highest BCUT2D eigenvalue weighted by molar-refractivity contribution is 5.78. The van der Waals surface area contributed by atoms with E-state index in [1.165, 1.54) is 0 Å². The van der Waals surface area contributed by atoms with Crippen LogP contribution >= 0.6 is 0 Å². The molecule has 1 atom stereocenters. The average Bonchev–Trinajstić information content (AvgIpc) is 1.89. The molecule has 0 spiro atoms. The zero-order valence-corrected chi connectivity index (χ0v) is 6.68. The zero-order chi connectivity index (χ0) is 7.98. The number of terminal acetylenes is 1. The topological polar surface area (TPSA) is 17.1 Å². The molecule has 1 heteroatoms. The van der Waals surface area contributed by atoms with Crippen molar-refractivity contribution >= 4 is 5.78 Å². The van der Waals surface area contributed by atoms with Crippen molar-refractivity contribution in [2.45, 2.75) is 33.1 Å². The molecular formula is C9H14O. The third-order valence-electron chi connectivity index (χ3n) is 1.70. The fourth-order valence-corrected chi connectivity index (χ4v) is 0.952. The van der Waals surface area contributed by atoms with Crippen molar-refractivity contribution in [3.63, 3.8) is 0 Å². The molecule has 0 aliphatic heterocycles. The van der Waals surface area contributed by atoms with E-state index < -0.39 is 0 Å². The molecule has 0 aliphatic rings. The number of ketones is 1. The SMILES string of the molecule is C#CCCC(CC)C(C)=O. The Balaban J connectivity index is 3.63. The van der Waals surface area contributed by atoms with Crippen molar-refractivity contribution in [1.29, 1.82) is 0 Å². The van der Waals surface area contributed by atoms with Gasteiger partial charge in [0.25, 0.3) is 0 Å². The second-order valence-electron chi connectivity index (χ2n) is 2.46. The predicted octanol–water partition coefficient (Wildman–Crippen LogP) is 2.01. The summed E-state index contributed by atoms with van der Waals surface area (Å²) in [6.45, 7) is 3.65. The summed E-state index contributed by atoms with van der Waals surface area (Å²) < 4.78 is 0. The fourth-order valence-electron chi connectivity index (χ4n) is 0.952. The number of hydrogen-bond donors (Lipinski definition) is 0. The molecular weight excluding hydrogens is 124 g/mol. The highest BCUT2D eigenvalue weighted by Gasteiger charge is 2.09. The predicted molar refractivity (Wildman–Crippen MR) is 42.5 cm³/mol. The third kappa shape index (κ3) is 3.29. The number of Topliss-reactive ketones (excluding diaryl/α,β-unsaturated/α-hetero) is 1. The highest BCUT2D eigenvalue weighted by atomic mass is 16.1. The highest BCUT2D eigenvalue weighted by Crippen LogP contribution is 2.10. The maximum atomic E-state index is 10.8. The standard InChI is InChI=1S/C9H14O/c1-4-6-7-9(5-2)8(3)10/h1,9H,5-7H2,2-3H3. The summed E-state index contributed by atoms with van der Waals surface area (Å²) in [4.78, 5) is 10.8. The van der Waals surface area contributed by atoms with Gasteiger partial charge in [-0.05, 0) is 19.8 Å². The van der Waals surface area contributed by atoms with Crippen LogP contribution < -0.4 is 0 Å². The molecule has 0 aromatic carbocycles. The summed E-state index contributed by atoms with van der Waals surface area (Å²) in [6, 6.07) is 0. The first-order valence-corrected chi connectivity index (χ1v) is 3.66. The summed E-state index contributed by atoms with van der Waals surface area (Å²) in [6.07, 6.45) is 7.55. The van der Waals surface area contributed by atoms with Gasteiger partial charge in [-0.2, -0.15) is 0 Å². The van der Waals surface area contributed by atoms with Crippen LogP contribution in [0, 0.1) is 18.3 Å². The lowest BCUT2D eigenvalue weighted by Gasteiger charge is -2.07. The van der Waals surface area contributed by atoms with Crippen molar-refractivity contribution < 1.29 is 4.79 Å². The van der Waals surface area contributed by atoms with Crippen LogP contribution in [0.1, 0.15) is 33.1 Å². The average molecular weight is 138 g/mol. The van der Waals surface area contributed by atoms with E-state index in [-0.39, 0.29) is 11.7 Å². The molecule has 0 fully saturated rings. The molecule has 0 heterocycles. The number of carbonyl (C=O) groups excluding carboxylic acids is 1. The van der Waals surface area contributed by atoms with Crippen LogP contribution in [0.2, 0.25) is 0 Å². The van der Waals surface area contributed by atoms with E-state index in [4.69, 9.17) is 6.42 Å². The second-order valence-corrected chi connectivity index (χ2v) is 2.46. The molecule has 0 saturated heterocycles. The van der Waals surface area contributed by atoms with Crippen molar-refractivity contribution in [2.75, 3.05) is 0 Å². The molecule has 10 heavy (non-hydrogen) atoms. The Morgan fingerprint density at radius 1 is 1.70 bits per heavy atom. The van der Waals surface area contributed by atoms with Crippen LogP contribution in [0.3, 0.4) is 0 Å². The molecule has 0 amide bonds. The Morgan fingerprint density at radius 2 is 2.30 bits per heavy atom. The maximum absolute atomic E-state index is 10.8. The zero-order valence-electron chi connectivity index (χ0n) is 6.68. The van der Waals surface area contributed by atoms with Gasteiger partial charge in [0, 0.05) is 12.3 Å².